The van der Waals surface area contributed by atoms with E-state index in [0.717, 1.165) is 6.54 Å². The van der Waals surface area contributed by atoms with Gasteiger partial charge in [-0.1, -0.05) is 27.2 Å². The fraction of sp³-hybridized carbons (Fsp3) is 1.00. The second kappa shape index (κ2) is 8.93. The molecule has 3 heteroatoms. The van der Waals surface area contributed by atoms with E-state index in [4.69, 9.17) is 5.73 Å². The highest BCUT2D eigenvalue weighted by Crippen LogP contribution is 2.19. The van der Waals surface area contributed by atoms with Gasteiger partial charge >= 0.3 is 0 Å². The SMILES string of the molecule is CC(C)(C)CCN1CCCN(CCCCCN)CC1. The third kappa shape index (κ3) is 8.61. The summed E-state index contributed by atoms with van der Waals surface area (Å²) in [5.74, 6) is 0. The van der Waals surface area contributed by atoms with E-state index in [1.807, 2.05) is 0 Å². The summed E-state index contributed by atoms with van der Waals surface area (Å²) in [6.07, 6.45) is 6.44. The quantitative estimate of drug-likeness (QED) is 0.721. The van der Waals surface area contributed by atoms with Crippen LogP contribution >= 0.6 is 0 Å². The number of nitrogens with zero attached hydrogens (tertiary/aromatic N) is 2. The Morgan fingerprint density at radius 2 is 1.47 bits per heavy atom. The standard InChI is InChI=1S/C16H35N3/c1-16(2,3)8-13-19-12-7-11-18(14-15-19)10-6-4-5-9-17/h4-15,17H2,1-3H3. The van der Waals surface area contributed by atoms with Gasteiger partial charge in [0.1, 0.15) is 0 Å². The third-order valence-electron chi connectivity index (χ3n) is 4.04. The summed E-state index contributed by atoms with van der Waals surface area (Å²) in [6.45, 7) is 15.5. The van der Waals surface area contributed by atoms with Crippen LogP contribution in [0.2, 0.25) is 0 Å². The third-order valence-corrected chi connectivity index (χ3v) is 4.04. The van der Waals surface area contributed by atoms with Crippen molar-refractivity contribution < 1.29 is 0 Å². The van der Waals surface area contributed by atoms with E-state index in [-0.39, 0.29) is 0 Å². The number of unbranched alkanes of at least 4 members (excludes halogenated alkanes) is 2. The summed E-state index contributed by atoms with van der Waals surface area (Å²) < 4.78 is 0. The lowest BCUT2D eigenvalue weighted by molar-refractivity contribution is 0.224. The van der Waals surface area contributed by atoms with Crippen LogP contribution in [-0.4, -0.2) is 55.6 Å². The van der Waals surface area contributed by atoms with E-state index in [2.05, 4.69) is 30.6 Å². The van der Waals surface area contributed by atoms with E-state index in [1.165, 1.54) is 71.4 Å². The molecule has 0 bridgehead atoms. The predicted octanol–water partition coefficient (Wildman–Crippen LogP) is 2.56. The van der Waals surface area contributed by atoms with Gasteiger partial charge in [0.05, 0.1) is 0 Å². The van der Waals surface area contributed by atoms with Crippen molar-refractivity contribution in [2.24, 2.45) is 11.1 Å². The monoisotopic (exact) mass is 269 g/mol. The highest BCUT2D eigenvalue weighted by atomic mass is 15.2. The number of nitrogens with two attached hydrogens (primary N) is 1. The molecule has 0 aromatic rings. The highest BCUT2D eigenvalue weighted by Gasteiger charge is 2.17. The number of rotatable bonds is 7. The number of hydrogen-bond donors (Lipinski definition) is 1. The fourth-order valence-corrected chi connectivity index (χ4v) is 2.62. The van der Waals surface area contributed by atoms with Crippen LogP contribution in [0.25, 0.3) is 0 Å². The second-order valence-electron chi connectivity index (χ2n) is 7.20. The Balaban J connectivity index is 2.16. The molecular weight excluding hydrogens is 234 g/mol. The molecule has 19 heavy (non-hydrogen) atoms. The lowest BCUT2D eigenvalue weighted by Crippen LogP contribution is -2.33. The molecule has 0 saturated carbocycles. The van der Waals surface area contributed by atoms with Gasteiger partial charge in [-0.2, -0.15) is 0 Å². The number of hydrogen-bond acceptors (Lipinski definition) is 3. The van der Waals surface area contributed by atoms with Crippen molar-refractivity contribution in [1.29, 1.82) is 0 Å². The Labute approximate surface area is 120 Å². The molecule has 0 amide bonds. The molecule has 1 fully saturated rings. The van der Waals surface area contributed by atoms with Gasteiger partial charge in [-0.3, -0.25) is 0 Å². The smallest absolute Gasteiger partial charge is 0.0109 e. The Morgan fingerprint density at radius 1 is 0.842 bits per heavy atom. The van der Waals surface area contributed by atoms with Crippen molar-refractivity contribution in [3.05, 3.63) is 0 Å². The van der Waals surface area contributed by atoms with Crippen LogP contribution in [0, 0.1) is 5.41 Å². The van der Waals surface area contributed by atoms with Crippen molar-refractivity contribution in [3.8, 4) is 0 Å². The van der Waals surface area contributed by atoms with Crippen LogP contribution in [0.5, 0.6) is 0 Å². The molecule has 114 valence electrons. The molecule has 1 aliphatic rings. The first-order chi connectivity index (χ1) is 9.01. The van der Waals surface area contributed by atoms with Crippen LogP contribution in [0.4, 0.5) is 0 Å². The van der Waals surface area contributed by atoms with Gasteiger partial charge < -0.3 is 15.5 Å². The highest BCUT2D eigenvalue weighted by molar-refractivity contribution is 4.72. The Bertz CT molecular complexity index is 223. The Hall–Kier alpha value is -0.120. The van der Waals surface area contributed by atoms with Crippen molar-refractivity contribution in [2.75, 3.05) is 45.8 Å². The summed E-state index contributed by atoms with van der Waals surface area (Å²) in [7, 11) is 0. The van der Waals surface area contributed by atoms with Gasteiger partial charge in [0.25, 0.3) is 0 Å². The van der Waals surface area contributed by atoms with E-state index >= 15 is 0 Å². The van der Waals surface area contributed by atoms with Crippen LogP contribution in [0.1, 0.15) is 52.9 Å². The van der Waals surface area contributed by atoms with E-state index < -0.39 is 0 Å². The normalized spacial score (nSPS) is 19.6. The lowest BCUT2D eigenvalue weighted by Gasteiger charge is -2.25. The molecule has 0 atom stereocenters. The Morgan fingerprint density at radius 3 is 2.05 bits per heavy atom. The molecule has 0 radical (unpaired) electrons. The summed E-state index contributed by atoms with van der Waals surface area (Å²) in [5.41, 5.74) is 6.01. The van der Waals surface area contributed by atoms with Gasteiger partial charge in [-0.25, -0.2) is 0 Å². The first kappa shape index (κ1) is 16.9. The molecule has 0 aromatic carbocycles. The fourth-order valence-electron chi connectivity index (χ4n) is 2.62. The molecular formula is C16H35N3. The minimum atomic E-state index is 0.466. The summed E-state index contributed by atoms with van der Waals surface area (Å²) >= 11 is 0. The van der Waals surface area contributed by atoms with Crippen LogP contribution in [0.3, 0.4) is 0 Å². The summed E-state index contributed by atoms with van der Waals surface area (Å²) in [5, 5.41) is 0. The van der Waals surface area contributed by atoms with Crippen molar-refractivity contribution in [1.82, 2.24) is 9.80 Å². The predicted molar refractivity (Wildman–Crippen MR) is 84.5 cm³/mol. The van der Waals surface area contributed by atoms with E-state index in [0.29, 0.717) is 5.41 Å². The minimum absolute atomic E-state index is 0.466. The molecule has 1 aliphatic heterocycles. The molecule has 1 saturated heterocycles. The zero-order valence-corrected chi connectivity index (χ0v) is 13.5. The maximum Gasteiger partial charge on any atom is 0.0109 e. The molecule has 2 N–H and O–H groups in total. The van der Waals surface area contributed by atoms with Crippen molar-refractivity contribution in [2.45, 2.75) is 52.9 Å². The van der Waals surface area contributed by atoms with Gasteiger partial charge in [0.15, 0.2) is 0 Å². The molecule has 3 nitrogen and oxygen atoms in total. The average molecular weight is 269 g/mol. The zero-order chi connectivity index (χ0) is 14.1. The molecule has 0 spiro atoms. The molecule has 0 aromatic heterocycles. The second-order valence-corrected chi connectivity index (χ2v) is 7.20. The first-order valence-corrected chi connectivity index (χ1v) is 8.16. The lowest BCUT2D eigenvalue weighted by atomic mass is 9.92. The van der Waals surface area contributed by atoms with E-state index in [9.17, 15) is 0 Å². The molecule has 0 unspecified atom stereocenters. The average Bonchev–Trinajstić information content (AvgIpc) is 2.57. The van der Waals surface area contributed by atoms with Crippen molar-refractivity contribution in [3.63, 3.8) is 0 Å². The largest absolute Gasteiger partial charge is 0.330 e. The maximum atomic E-state index is 5.54. The first-order valence-electron chi connectivity index (χ1n) is 8.16. The summed E-state index contributed by atoms with van der Waals surface area (Å²) in [6, 6.07) is 0. The van der Waals surface area contributed by atoms with E-state index in [1.54, 1.807) is 0 Å². The zero-order valence-electron chi connectivity index (χ0n) is 13.5. The molecule has 1 heterocycles. The van der Waals surface area contributed by atoms with Gasteiger partial charge in [0.2, 0.25) is 0 Å². The Kier molecular flexibility index (Phi) is 7.96. The molecule has 1 rings (SSSR count). The van der Waals surface area contributed by atoms with Crippen LogP contribution < -0.4 is 5.73 Å². The van der Waals surface area contributed by atoms with Gasteiger partial charge in [-0.05, 0) is 63.8 Å². The van der Waals surface area contributed by atoms with Gasteiger partial charge in [0, 0.05) is 13.1 Å². The van der Waals surface area contributed by atoms with Crippen LogP contribution in [-0.2, 0) is 0 Å². The maximum absolute atomic E-state index is 5.54. The van der Waals surface area contributed by atoms with Crippen LogP contribution in [0.15, 0.2) is 0 Å². The van der Waals surface area contributed by atoms with Crippen molar-refractivity contribution >= 4 is 0 Å². The minimum Gasteiger partial charge on any atom is -0.330 e. The van der Waals surface area contributed by atoms with Gasteiger partial charge in [-0.15, -0.1) is 0 Å². The summed E-state index contributed by atoms with van der Waals surface area (Å²) in [4.78, 5) is 5.30. The topological polar surface area (TPSA) is 32.5 Å². The molecule has 0 aliphatic carbocycles.